The minimum atomic E-state index is -0.713. The maximum Gasteiger partial charge on any atom is 0.414 e. The number of benzene rings is 1. The molecule has 0 saturated carbocycles. The Morgan fingerprint density at radius 1 is 1.22 bits per heavy atom. The molecule has 0 spiro atoms. The van der Waals surface area contributed by atoms with Crippen molar-refractivity contribution in [3.05, 3.63) is 30.1 Å². The lowest BCUT2D eigenvalue weighted by molar-refractivity contribution is 0.145. The predicted octanol–water partition coefficient (Wildman–Crippen LogP) is 1.08. The van der Waals surface area contributed by atoms with Gasteiger partial charge in [-0.2, -0.15) is 0 Å². The van der Waals surface area contributed by atoms with Gasteiger partial charge in [-0.15, -0.1) is 5.10 Å². The Labute approximate surface area is 153 Å². The Bertz CT molecular complexity index is 801. The van der Waals surface area contributed by atoms with E-state index >= 15 is 0 Å². The molecule has 9 nitrogen and oxygen atoms in total. The molecule has 2 aromatic rings. The number of cyclic esters (lactones) is 1. The van der Waals surface area contributed by atoms with Gasteiger partial charge in [0.25, 0.3) is 0 Å². The van der Waals surface area contributed by atoms with E-state index in [4.69, 9.17) is 10.5 Å². The number of piperidine rings is 1. The number of aromatic nitrogens is 4. The summed E-state index contributed by atoms with van der Waals surface area (Å²) in [7, 11) is 0. The summed E-state index contributed by atoms with van der Waals surface area (Å²) in [6, 6.07) is 2.42. The zero-order valence-corrected chi connectivity index (χ0v) is 14.5. The number of halogens is 2. The van der Waals surface area contributed by atoms with Gasteiger partial charge >= 0.3 is 6.09 Å². The summed E-state index contributed by atoms with van der Waals surface area (Å²) in [5, 5.41) is 11.1. The number of tetrazole rings is 1. The van der Waals surface area contributed by atoms with Gasteiger partial charge in [-0.25, -0.2) is 18.3 Å². The van der Waals surface area contributed by atoms with Gasteiger partial charge in [-0.3, -0.25) is 4.90 Å². The molecule has 4 rings (SSSR count). The highest BCUT2D eigenvalue weighted by atomic mass is 19.1. The van der Waals surface area contributed by atoms with Crippen molar-refractivity contribution in [1.82, 2.24) is 20.2 Å². The van der Waals surface area contributed by atoms with E-state index in [-0.39, 0.29) is 30.5 Å². The summed E-state index contributed by atoms with van der Waals surface area (Å²) in [6.45, 7) is 1.27. The third-order valence-corrected chi connectivity index (χ3v) is 4.97. The van der Waals surface area contributed by atoms with Crippen LogP contribution in [-0.4, -0.2) is 58.6 Å². The first kappa shape index (κ1) is 17.6. The van der Waals surface area contributed by atoms with E-state index in [1.165, 1.54) is 4.90 Å². The molecule has 1 amide bonds. The Kier molecular flexibility index (Phi) is 4.60. The zero-order chi connectivity index (χ0) is 19.0. The molecule has 0 radical (unpaired) electrons. The lowest BCUT2D eigenvalue weighted by Crippen LogP contribution is -2.36. The maximum atomic E-state index is 14.7. The molecule has 2 aliphatic rings. The third-order valence-electron chi connectivity index (χ3n) is 4.97. The molecule has 3 heterocycles. The standard InChI is InChI=1S/C16H19F2N7O2/c17-13-5-11(24-8-12(7-19)27-16(24)26)6-14(18)15(13)23-3-1-10(2-4-23)25-9-20-21-22-25/h5-6,9-10,12H,1-4,7-8,19H2. The third kappa shape index (κ3) is 3.29. The van der Waals surface area contributed by atoms with Crippen LogP contribution < -0.4 is 15.5 Å². The SMILES string of the molecule is NCC1CN(c2cc(F)c(N3CCC(n4cnnn4)CC3)c(F)c2)C(=O)O1. The molecular formula is C16H19F2N7O2. The number of hydrogen-bond donors (Lipinski definition) is 1. The molecule has 1 atom stereocenters. The first-order valence-electron chi connectivity index (χ1n) is 8.71. The molecule has 11 heteroatoms. The van der Waals surface area contributed by atoms with E-state index in [9.17, 15) is 13.6 Å². The Hall–Kier alpha value is -2.82. The summed E-state index contributed by atoms with van der Waals surface area (Å²) in [5.74, 6) is -1.43. The van der Waals surface area contributed by atoms with Crippen molar-refractivity contribution >= 4 is 17.5 Å². The van der Waals surface area contributed by atoms with E-state index < -0.39 is 23.8 Å². The summed E-state index contributed by atoms with van der Waals surface area (Å²) in [6.07, 6.45) is 1.75. The molecular weight excluding hydrogens is 360 g/mol. The van der Waals surface area contributed by atoms with Crippen LogP contribution in [0.5, 0.6) is 0 Å². The number of amides is 1. The normalized spacial score (nSPS) is 21.0. The lowest BCUT2D eigenvalue weighted by Gasteiger charge is -2.33. The molecule has 0 aliphatic carbocycles. The lowest BCUT2D eigenvalue weighted by atomic mass is 10.0. The summed E-state index contributed by atoms with van der Waals surface area (Å²) < 4.78 is 36.1. The Morgan fingerprint density at radius 2 is 1.93 bits per heavy atom. The molecule has 1 aromatic carbocycles. The van der Waals surface area contributed by atoms with E-state index in [2.05, 4.69) is 15.5 Å². The summed E-state index contributed by atoms with van der Waals surface area (Å²) >= 11 is 0. The van der Waals surface area contributed by atoms with E-state index in [1.54, 1.807) is 15.9 Å². The largest absolute Gasteiger partial charge is 0.443 e. The molecule has 0 bridgehead atoms. The molecule has 144 valence electrons. The van der Waals surface area contributed by atoms with Gasteiger partial charge in [-0.1, -0.05) is 0 Å². The van der Waals surface area contributed by atoms with Gasteiger partial charge in [0.1, 0.15) is 18.1 Å². The average molecular weight is 379 g/mol. The van der Waals surface area contributed by atoms with Crippen molar-refractivity contribution in [1.29, 1.82) is 0 Å². The fourth-order valence-electron chi connectivity index (χ4n) is 3.55. The van der Waals surface area contributed by atoms with E-state index in [1.807, 2.05) is 0 Å². The Balaban J connectivity index is 1.50. The van der Waals surface area contributed by atoms with Crippen molar-refractivity contribution in [3.63, 3.8) is 0 Å². The van der Waals surface area contributed by atoms with Crippen molar-refractivity contribution in [3.8, 4) is 0 Å². The monoisotopic (exact) mass is 379 g/mol. The average Bonchev–Trinajstić information content (AvgIpc) is 3.31. The fourth-order valence-corrected chi connectivity index (χ4v) is 3.55. The number of ether oxygens (including phenoxy) is 1. The first-order valence-corrected chi connectivity index (χ1v) is 8.71. The number of carbonyl (C=O) groups excluding carboxylic acids is 1. The quantitative estimate of drug-likeness (QED) is 0.848. The molecule has 27 heavy (non-hydrogen) atoms. The van der Waals surface area contributed by atoms with Crippen LogP contribution in [0.15, 0.2) is 18.5 Å². The number of nitrogens with zero attached hydrogens (tertiary/aromatic N) is 6. The van der Waals surface area contributed by atoms with Crippen molar-refractivity contribution in [2.45, 2.75) is 25.0 Å². The highest BCUT2D eigenvalue weighted by Crippen LogP contribution is 2.33. The minimum absolute atomic E-state index is 0.0862. The number of anilines is 2. The van der Waals surface area contributed by atoms with Crippen LogP contribution in [0.3, 0.4) is 0 Å². The maximum absolute atomic E-state index is 14.7. The van der Waals surface area contributed by atoms with Crippen molar-refractivity contribution < 1.29 is 18.3 Å². The molecule has 2 aliphatic heterocycles. The minimum Gasteiger partial charge on any atom is -0.443 e. The topological polar surface area (TPSA) is 102 Å². The number of rotatable bonds is 4. The van der Waals surface area contributed by atoms with Crippen molar-refractivity contribution in [2.24, 2.45) is 5.73 Å². The molecule has 2 saturated heterocycles. The van der Waals surface area contributed by atoms with Crippen LogP contribution in [-0.2, 0) is 4.74 Å². The van der Waals surface area contributed by atoms with E-state index in [0.717, 1.165) is 12.1 Å². The van der Waals surface area contributed by atoms with Gasteiger partial charge in [0.05, 0.1) is 18.3 Å². The van der Waals surface area contributed by atoms with Gasteiger partial charge in [-0.05, 0) is 23.3 Å². The molecule has 1 unspecified atom stereocenters. The molecule has 2 fully saturated rings. The van der Waals surface area contributed by atoms with Crippen LogP contribution in [0.4, 0.5) is 25.0 Å². The first-order chi connectivity index (χ1) is 13.1. The molecule has 1 aromatic heterocycles. The van der Waals surface area contributed by atoms with Gasteiger partial charge in [0.15, 0.2) is 11.6 Å². The predicted molar refractivity (Wildman–Crippen MR) is 91.3 cm³/mol. The smallest absolute Gasteiger partial charge is 0.414 e. The van der Waals surface area contributed by atoms with Gasteiger partial charge < -0.3 is 15.4 Å². The number of carbonyl (C=O) groups is 1. The second kappa shape index (κ2) is 7.06. The van der Waals surface area contributed by atoms with Gasteiger partial charge in [0, 0.05) is 31.8 Å². The summed E-state index contributed by atoms with van der Waals surface area (Å²) in [4.78, 5) is 14.7. The highest BCUT2D eigenvalue weighted by Gasteiger charge is 2.33. The fraction of sp³-hybridized carbons (Fsp3) is 0.500. The van der Waals surface area contributed by atoms with Crippen molar-refractivity contribution in [2.75, 3.05) is 36.0 Å². The highest BCUT2D eigenvalue weighted by molar-refractivity contribution is 5.90. The van der Waals surface area contributed by atoms with Crippen LogP contribution >= 0.6 is 0 Å². The second-order valence-electron chi connectivity index (χ2n) is 6.62. The number of hydrogen-bond acceptors (Lipinski definition) is 7. The van der Waals surface area contributed by atoms with Crippen LogP contribution in [0.25, 0.3) is 0 Å². The summed E-state index contributed by atoms with van der Waals surface area (Å²) in [5.41, 5.74) is 5.53. The van der Waals surface area contributed by atoms with Gasteiger partial charge in [0.2, 0.25) is 0 Å². The van der Waals surface area contributed by atoms with Crippen LogP contribution in [0.1, 0.15) is 18.9 Å². The van der Waals surface area contributed by atoms with E-state index in [0.29, 0.717) is 25.9 Å². The second-order valence-corrected chi connectivity index (χ2v) is 6.62. The zero-order valence-electron chi connectivity index (χ0n) is 14.5. The number of nitrogens with two attached hydrogens (primary N) is 1. The Morgan fingerprint density at radius 3 is 2.48 bits per heavy atom. The van der Waals surface area contributed by atoms with Crippen LogP contribution in [0.2, 0.25) is 0 Å². The van der Waals surface area contributed by atoms with Crippen LogP contribution in [0, 0.1) is 11.6 Å². The molecule has 2 N–H and O–H groups in total.